The first-order chi connectivity index (χ1) is 9.24. The topological polar surface area (TPSA) is 56.2 Å². The first-order valence-electron chi connectivity index (χ1n) is 7.25. The van der Waals surface area contributed by atoms with Crippen molar-refractivity contribution in [1.29, 1.82) is 0 Å². The quantitative estimate of drug-likeness (QED) is 0.887. The molecule has 0 saturated heterocycles. The van der Waals surface area contributed by atoms with Crippen molar-refractivity contribution in [3.63, 3.8) is 0 Å². The molecule has 0 bridgehead atoms. The van der Waals surface area contributed by atoms with Crippen molar-refractivity contribution in [2.24, 2.45) is 5.92 Å². The van der Waals surface area contributed by atoms with Gasteiger partial charge in [-0.25, -0.2) is 4.68 Å². The van der Waals surface area contributed by atoms with E-state index in [1.165, 1.54) is 19.3 Å². The first kappa shape index (κ1) is 12.5. The molecule has 2 aliphatic rings. The Kier molecular flexibility index (Phi) is 3.44. The Morgan fingerprint density at radius 2 is 2.26 bits per heavy atom. The van der Waals surface area contributed by atoms with Crippen molar-refractivity contribution in [1.82, 2.24) is 15.1 Å². The standard InChI is InChI=1S/C14H21N3O2/c1-10-5-2-3-6-11(10)15-14(18)12-9-13-17(16-12)7-4-8-19-13/h9-11H,2-8H2,1H3,(H,15,18). The Hall–Kier alpha value is -1.52. The highest BCUT2D eigenvalue weighted by Gasteiger charge is 2.25. The lowest BCUT2D eigenvalue weighted by Crippen LogP contribution is -2.41. The lowest BCUT2D eigenvalue weighted by Gasteiger charge is -2.29. The number of fused-ring (bicyclic) bond motifs is 1. The molecule has 1 aliphatic heterocycles. The maximum absolute atomic E-state index is 12.2. The SMILES string of the molecule is CC1CCCCC1NC(=O)c1cc2n(n1)CCCO2. The van der Waals surface area contributed by atoms with Gasteiger partial charge in [0.15, 0.2) is 5.69 Å². The van der Waals surface area contributed by atoms with Crippen LogP contribution in [-0.2, 0) is 6.54 Å². The van der Waals surface area contributed by atoms with Crippen LogP contribution in [0.5, 0.6) is 5.88 Å². The van der Waals surface area contributed by atoms with Gasteiger partial charge in [-0.1, -0.05) is 19.8 Å². The van der Waals surface area contributed by atoms with E-state index < -0.39 is 0 Å². The van der Waals surface area contributed by atoms with Gasteiger partial charge in [0.05, 0.1) is 6.61 Å². The fourth-order valence-electron chi connectivity index (χ4n) is 2.95. The second-order valence-corrected chi connectivity index (χ2v) is 5.63. The van der Waals surface area contributed by atoms with Gasteiger partial charge in [0, 0.05) is 25.1 Å². The summed E-state index contributed by atoms with van der Waals surface area (Å²) >= 11 is 0. The summed E-state index contributed by atoms with van der Waals surface area (Å²) in [6, 6.07) is 2.04. The normalized spacial score (nSPS) is 26.4. The average molecular weight is 263 g/mol. The summed E-state index contributed by atoms with van der Waals surface area (Å²) in [6.45, 7) is 3.76. The molecule has 5 heteroatoms. The van der Waals surface area contributed by atoms with Gasteiger partial charge >= 0.3 is 0 Å². The Bertz CT molecular complexity index is 446. The fraction of sp³-hybridized carbons (Fsp3) is 0.714. The number of aryl methyl sites for hydroxylation is 1. The molecule has 1 aromatic rings. The predicted octanol–water partition coefficient (Wildman–Crippen LogP) is 1.97. The van der Waals surface area contributed by atoms with E-state index in [1.807, 2.05) is 0 Å². The van der Waals surface area contributed by atoms with Crippen molar-refractivity contribution in [2.45, 2.75) is 51.6 Å². The molecule has 104 valence electrons. The maximum atomic E-state index is 12.2. The lowest BCUT2D eigenvalue weighted by molar-refractivity contribution is 0.0904. The highest BCUT2D eigenvalue weighted by Crippen LogP contribution is 2.24. The molecule has 1 aromatic heterocycles. The van der Waals surface area contributed by atoms with Crippen LogP contribution in [0.4, 0.5) is 0 Å². The van der Waals surface area contributed by atoms with E-state index in [0.717, 1.165) is 19.4 Å². The summed E-state index contributed by atoms with van der Waals surface area (Å²) in [5.74, 6) is 1.21. The van der Waals surface area contributed by atoms with Crippen LogP contribution in [0.2, 0.25) is 0 Å². The summed E-state index contributed by atoms with van der Waals surface area (Å²) in [6.07, 6.45) is 5.72. The van der Waals surface area contributed by atoms with Crippen LogP contribution in [0.3, 0.4) is 0 Å². The van der Waals surface area contributed by atoms with Crippen LogP contribution in [0.25, 0.3) is 0 Å². The van der Waals surface area contributed by atoms with E-state index in [9.17, 15) is 4.79 Å². The number of ether oxygens (including phenoxy) is 1. The third kappa shape index (κ3) is 2.60. The number of amides is 1. The summed E-state index contributed by atoms with van der Waals surface area (Å²) < 4.78 is 7.27. The van der Waals surface area contributed by atoms with Gasteiger partial charge in [-0.3, -0.25) is 4.79 Å². The van der Waals surface area contributed by atoms with E-state index in [2.05, 4.69) is 17.3 Å². The third-order valence-corrected chi connectivity index (χ3v) is 4.17. The average Bonchev–Trinajstić information content (AvgIpc) is 2.85. The Balaban J connectivity index is 1.68. The van der Waals surface area contributed by atoms with Gasteiger partial charge in [-0.05, 0) is 18.8 Å². The number of rotatable bonds is 2. The van der Waals surface area contributed by atoms with Crippen LogP contribution >= 0.6 is 0 Å². The number of hydrogen-bond donors (Lipinski definition) is 1. The Morgan fingerprint density at radius 3 is 3.05 bits per heavy atom. The first-order valence-corrected chi connectivity index (χ1v) is 7.25. The molecule has 3 rings (SSSR count). The van der Waals surface area contributed by atoms with Crippen molar-refractivity contribution < 1.29 is 9.53 Å². The van der Waals surface area contributed by atoms with Gasteiger partial charge in [-0.15, -0.1) is 0 Å². The highest BCUT2D eigenvalue weighted by atomic mass is 16.5. The second-order valence-electron chi connectivity index (χ2n) is 5.63. The van der Waals surface area contributed by atoms with E-state index in [1.54, 1.807) is 10.7 Å². The fourth-order valence-corrected chi connectivity index (χ4v) is 2.95. The monoisotopic (exact) mass is 263 g/mol. The number of carbonyl (C=O) groups excluding carboxylic acids is 1. The lowest BCUT2D eigenvalue weighted by atomic mass is 9.86. The van der Waals surface area contributed by atoms with Gasteiger partial charge in [0.25, 0.3) is 5.91 Å². The molecule has 1 saturated carbocycles. The van der Waals surface area contributed by atoms with Gasteiger partial charge < -0.3 is 10.1 Å². The molecular weight excluding hydrogens is 242 g/mol. The molecule has 0 radical (unpaired) electrons. The van der Waals surface area contributed by atoms with Crippen molar-refractivity contribution in [3.8, 4) is 5.88 Å². The number of nitrogens with zero attached hydrogens (tertiary/aromatic N) is 2. The van der Waals surface area contributed by atoms with Crippen molar-refractivity contribution in [2.75, 3.05) is 6.61 Å². The van der Waals surface area contributed by atoms with Crippen LogP contribution in [-0.4, -0.2) is 28.3 Å². The minimum absolute atomic E-state index is 0.0655. The van der Waals surface area contributed by atoms with Crippen LogP contribution in [0, 0.1) is 5.92 Å². The summed E-state index contributed by atoms with van der Waals surface area (Å²) in [5.41, 5.74) is 0.481. The largest absolute Gasteiger partial charge is 0.478 e. The highest BCUT2D eigenvalue weighted by molar-refractivity contribution is 5.92. The third-order valence-electron chi connectivity index (χ3n) is 4.17. The van der Waals surface area contributed by atoms with Crippen molar-refractivity contribution >= 4 is 5.91 Å². The maximum Gasteiger partial charge on any atom is 0.272 e. The summed E-state index contributed by atoms with van der Waals surface area (Å²) in [7, 11) is 0. The second kappa shape index (κ2) is 5.23. The van der Waals surface area contributed by atoms with Gasteiger partial charge in [0.2, 0.25) is 5.88 Å². The smallest absolute Gasteiger partial charge is 0.272 e. The van der Waals surface area contributed by atoms with Crippen molar-refractivity contribution in [3.05, 3.63) is 11.8 Å². The number of nitrogens with one attached hydrogen (secondary N) is 1. The van der Waals surface area contributed by atoms with Gasteiger partial charge in [0.1, 0.15) is 0 Å². The molecule has 2 heterocycles. The Labute approximate surface area is 113 Å². The molecule has 1 fully saturated rings. The number of aromatic nitrogens is 2. The van der Waals surface area contributed by atoms with E-state index >= 15 is 0 Å². The van der Waals surface area contributed by atoms with Crippen LogP contribution < -0.4 is 10.1 Å². The molecule has 2 atom stereocenters. The molecule has 1 N–H and O–H groups in total. The summed E-state index contributed by atoms with van der Waals surface area (Å²) in [4.78, 5) is 12.2. The molecule has 0 aromatic carbocycles. The van der Waals surface area contributed by atoms with E-state index in [4.69, 9.17) is 4.74 Å². The molecule has 0 spiro atoms. The van der Waals surface area contributed by atoms with Gasteiger partial charge in [-0.2, -0.15) is 5.10 Å². The van der Waals surface area contributed by atoms with Crippen LogP contribution in [0.15, 0.2) is 6.07 Å². The summed E-state index contributed by atoms with van der Waals surface area (Å²) in [5, 5.41) is 7.44. The minimum atomic E-state index is -0.0655. The van der Waals surface area contributed by atoms with Crippen LogP contribution in [0.1, 0.15) is 49.5 Å². The molecule has 1 aliphatic carbocycles. The number of carbonyl (C=O) groups is 1. The molecular formula is C14H21N3O2. The minimum Gasteiger partial charge on any atom is -0.478 e. The zero-order valence-electron chi connectivity index (χ0n) is 11.4. The molecule has 2 unspecified atom stereocenters. The number of hydrogen-bond acceptors (Lipinski definition) is 3. The zero-order chi connectivity index (χ0) is 13.2. The van der Waals surface area contributed by atoms with E-state index in [0.29, 0.717) is 30.1 Å². The molecule has 1 amide bonds. The Morgan fingerprint density at radius 1 is 1.42 bits per heavy atom. The van der Waals surface area contributed by atoms with E-state index in [-0.39, 0.29) is 5.91 Å². The molecule has 19 heavy (non-hydrogen) atoms. The zero-order valence-corrected chi connectivity index (χ0v) is 11.4. The predicted molar refractivity (Wildman–Crippen MR) is 71.2 cm³/mol. The molecule has 5 nitrogen and oxygen atoms in total.